The number of carbonyl (C=O) groups excluding carboxylic acids is 1. The van der Waals surface area contributed by atoms with Gasteiger partial charge in [-0.25, -0.2) is 9.97 Å². The fourth-order valence-corrected chi connectivity index (χ4v) is 3.78. The highest BCUT2D eigenvalue weighted by Crippen LogP contribution is 2.40. The predicted molar refractivity (Wildman–Crippen MR) is 88.7 cm³/mol. The highest BCUT2D eigenvalue weighted by atomic mass is 32.2. The topological polar surface area (TPSA) is 58.1 Å². The molecule has 0 aromatic carbocycles. The van der Waals surface area contributed by atoms with Crippen molar-refractivity contribution in [2.24, 2.45) is 5.92 Å². The van der Waals surface area contributed by atoms with Gasteiger partial charge in [0.1, 0.15) is 0 Å². The van der Waals surface area contributed by atoms with E-state index in [9.17, 15) is 4.79 Å². The van der Waals surface area contributed by atoms with E-state index in [-0.39, 0.29) is 18.0 Å². The number of amides is 1. The zero-order valence-corrected chi connectivity index (χ0v) is 14.1. The molecule has 1 aliphatic heterocycles. The number of hydrogen-bond acceptors (Lipinski definition) is 5. The van der Waals surface area contributed by atoms with Crippen molar-refractivity contribution in [1.29, 1.82) is 0 Å². The van der Waals surface area contributed by atoms with Gasteiger partial charge >= 0.3 is 0 Å². The van der Waals surface area contributed by atoms with Gasteiger partial charge in [-0.15, -0.1) is 0 Å². The number of aromatic nitrogens is 2. The number of nitrogens with one attached hydrogen (secondary N) is 1. The van der Waals surface area contributed by atoms with Crippen LogP contribution in [-0.2, 0) is 4.79 Å². The average molecular weight is 320 g/mol. The number of carbonyl (C=O) groups is 1. The van der Waals surface area contributed by atoms with Crippen molar-refractivity contribution < 1.29 is 4.79 Å². The zero-order chi connectivity index (χ0) is 15.5. The molecular formula is C16H24N4OS. The van der Waals surface area contributed by atoms with Gasteiger partial charge in [0.2, 0.25) is 5.91 Å². The second-order valence-electron chi connectivity index (χ2n) is 6.20. The first-order valence-electron chi connectivity index (χ1n) is 8.07. The van der Waals surface area contributed by atoms with Gasteiger partial charge < -0.3 is 5.32 Å². The largest absolute Gasteiger partial charge is 0.344 e. The Bertz CT molecular complexity index is 529. The fraction of sp³-hybridized carbons (Fsp3) is 0.688. The molecule has 1 aliphatic carbocycles. The summed E-state index contributed by atoms with van der Waals surface area (Å²) in [6.45, 7) is 5.96. The Labute approximate surface area is 136 Å². The molecule has 2 heterocycles. The number of nitrogens with zero attached hydrogens (tertiary/aromatic N) is 3. The first-order chi connectivity index (χ1) is 10.6. The maximum atomic E-state index is 12.6. The fourth-order valence-electron chi connectivity index (χ4n) is 2.85. The lowest BCUT2D eigenvalue weighted by Crippen LogP contribution is -2.49. The van der Waals surface area contributed by atoms with Crippen LogP contribution in [0.1, 0.15) is 37.3 Å². The third kappa shape index (κ3) is 3.79. The molecule has 1 amide bonds. The first kappa shape index (κ1) is 15.7. The van der Waals surface area contributed by atoms with Crippen molar-refractivity contribution in [2.45, 2.75) is 38.8 Å². The number of aryl methyl sites for hydroxylation is 1. The average Bonchev–Trinajstić information content (AvgIpc) is 3.37. The lowest BCUT2D eigenvalue weighted by atomic mass is 10.1. The molecule has 1 saturated carbocycles. The molecule has 120 valence electrons. The maximum Gasteiger partial charge on any atom is 0.237 e. The summed E-state index contributed by atoms with van der Waals surface area (Å²) in [6, 6.07) is 1.78. The van der Waals surface area contributed by atoms with Crippen LogP contribution in [0.3, 0.4) is 0 Å². The summed E-state index contributed by atoms with van der Waals surface area (Å²) in [4.78, 5) is 23.8. The van der Waals surface area contributed by atoms with Gasteiger partial charge in [-0.1, -0.05) is 0 Å². The molecule has 1 N–H and O–H groups in total. The molecule has 1 aromatic rings. The van der Waals surface area contributed by atoms with Gasteiger partial charge in [0, 0.05) is 36.5 Å². The summed E-state index contributed by atoms with van der Waals surface area (Å²) in [7, 11) is 0. The summed E-state index contributed by atoms with van der Waals surface area (Å²) >= 11 is 1.96. The molecule has 1 saturated heterocycles. The van der Waals surface area contributed by atoms with Gasteiger partial charge in [0.05, 0.1) is 12.1 Å². The van der Waals surface area contributed by atoms with Crippen LogP contribution in [0.4, 0.5) is 0 Å². The van der Waals surface area contributed by atoms with E-state index in [1.165, 1.54) is 0 Å². The Balaban J connectivity index is 1.67. The van der Waals surface area contributed by atoms with Crippen molar-refractivity contribution in [3.05, 3.63) is 23.8 Å². The number of hydrogen-bond donors (Lipinski definition) is 1. The molecule has 0 unspecified atom stereocenters. The minimum atomic E-state index is -0.0769. The van der Waals surface area contributed by atoms with Gasteiger partial charge in [-0.2, -0.15) is 11.8 Å². The molecular weight excluding hydrogens is 296 g/mol. The van der Waals surface area contributed by atoms with Crippen molar-refractivity contribution >= 4 is 17.7 Å². The van der Waals surface area contributed by atoms with E-state index in [0.717, 1.165) is 49.0 Å². The van der Waals surface area contributed by atoms with Gasteiger partial charge in [0.15, 0.2) is 5.82 Å². The maximum absolute atomic E-state index is 12.6. The Hall–Kier alpha value is -1.14. The molecule has 6 heteroatoms. The van der Waals surface area contributed by atoms with Crippen LogP contribution in [0, 0.1) is 12.8 Å². The van der Waals surface area contributed by atoms with E-state index in [1.807, 2.05) is 31.7 Å². The van der Waals surface area contributed by atoms with Gasteiger partial charge in [0.25, 0.3) is 0 Å². The standard InChI is InChI=1S/C16H24N4OS/c1-11-5-6-17-15(18-11)14(13-3-4-13)19-16(21)12(2)20-7-9-22-10-8-20/h5-6,12-14H,3-4,7-10H2,1-2H3,(H,19,21)/t12-,14-/m0/s1. The summed E-state index contributed by atoms with van der Waals surface area (Å²) in [6.07, 6.45) is 4.08. The van der Waals surface area contributed by atoms with Crippen molar-refractivity contribution in [2.75, 3.05) is 24.6 Å². The monoisotopic (exact) mass is 320 g/mol. The second-order valence-corrected chi connectivity index (χ2v) is 7.43. The molecule has 0 bridgehead atoms. The molecule has 0 radical (unpaired) electrons. The minimum Gasteiger partial charge on any atom is -0.344 e. The lowest BCUT2D eigenvalue weighted by Gasteiger charge is -2.32. The van der Waals surface area contributed by atoms with Crippen molar-refractivity contribution in [3.63, 3.8) is 0 Å². The normalized spacial score (nSPS) is 22.1. The predicted octanol–water partition coefficient (Wildman–Crippen LogP) is 1.79. The smallest absolute Gasteiger partial charge is 0.237 e. The Morgan fingerprint density at radius 2 is 2.14 bits per heavy atom. The minimum absolute atomic E-state index is 0.0333. The molecule has 22 heavy (non-hydrogen) atoms. The molecule has 2 aliphatic rings. The third-order valence-electron chi connectivity index (χ3n) is 4.46. The molecule has 2 fully saturated rings. The van der Waals surface area contributed by atoms with E-state index < -0.39 is 0 Å². The highest BCUT2D eigenvalue weighted by molar-refractivity contribution is 7.99. The van der Waals surface area contributed by atoms with Gasteiger partial charge in [-0.05, 0) is 38.7 Å². The third-order valence-corrected chi connectivity index (χ3v) is 5.40. The lowest BCUT2D eigenvalue weighted by molar-refractivity contribution is -0.126. The quantitative estimate of drug-likeness (QED) is 0.896. The Kier molecular flexibility index (Phi) is 4.98. The van der Waals surface area contributed by atoms with Crippen LogP contribution < -0.4 is 5.32 Å². The molecule has 1 aromatic heterocycles. The summed E-state index contributed by atoms with van der Waals surface area (Å²) in [5.41, 5.74) is 0.950. The van der Waals surface area contributed by atoms with E-state index in [2.05, 4.69) is 20.2 Å². The first-order valence-corrected chi connectivity index (χ1v) is 9.22. The number of rotatable bonds is 5. The second kappa shape index (κ2) is 6.96. The summed E-state index contributed by atoms with van der Waals surface area (Å²) in [5, 5.41) is 3.21. The van der Waals surface area contributed by atoms with Crippen LogP contribution >= 0.6 is 11.8 Å². The SMILES string of the molecule is Cc1ccnc([C@@H](NC(=O)[C@H](C)N2CCSCC2)C2CC2)n1. The molecule has 2 atom stereocenters. The zero-order valence-electron chi connectivity index (χ0n) is 13.3. The van der Waals surface area contributed by atoms with Crippen molar-refractivity contribution in [3.8, 4) is 0 Å². The van der Waals surface area contributed by atoms with E-state index >= 15 is 0 Å². The van der Waals surface area contributed by atoms with E-state index in [1.54, 1.807) is 6.20 Å². The van der Waals surface area contributed by atoms with Gasteiger partial charge in [-0.3, -0.25) is 9.69 Å². The van der Waals surface area contributed by atoms with E-state index in [0.29, 0.717) is 5.92 Å². The number of thioether (sulfide) groups is 1. The van der Waals surface area contributed by atoms with Crippen molar-refractivity contribution in [1.82, 2.24) is 20.2 Å². The van der Waals surface area contributed by atoms with Crippen LogP contribution in [-0.4, -0.2) is 51.4 Å². The van der Waals surface area contributed by atoms with Crippen LogP contribution in [0.5, 0.6) is 0 Å². The molecule has 3 rings (SSSR count). The van der Waals surface area contributed by atoms with Crippen LogP contribution in [0.2, 0.25) is 0 Å². The summed E-state index contributed by atoms with van der Waals surface area (Å²) < 4.78 is 0. The van der Waals surface area contributed by atoms with Crippen LogP contribution in [0.25, 0.3) is 0 Å². The highest BCUT2D eigenvalue weighted by Gasteiger charge is 2.36. The molecule has 5 nitrogen and oxygen atoms in total. The van der Waals surface area contributed by atoms with E-state index in [4.69, 9.17) is 0 Å². The van der Waals surface area contributed by atoms with Crippen LogP contribution in [0.15, 0.2) is 12.3 Å². The Morgan fingerprint density at radius 1 is 1.41 bits per heavy atom. The molecule has 0 spiro atoms. The summed E-state index contributed by atoms with van der Waals surface area (Å²) in [5.74, 6) is 3.59. The Morgan fingerprint density at radius 3 is 2.77 bits per heavy atom.